The third kappa shape index (κ3) is 2.58. The van der Waals surface area contributed by atoms with Crippen LogP contribution < -0.4 is 0 Å². The molecule has 1 fully saturated rings. The molecule has 80 valence electrons. The quantitative estimate of drug-likeness (QED) is 0.540. The smallest absolute Gasteiger partial charge is 0.308 e. The number of hydrogen-bond acceptors (Lipinski definition) is 3. The lowest BCUT2D eigenvalue weighted by Crippen LogP contribution is -2.32. The van der Waals surface area contributed by atoms with E-state index in [-0.39, 0.29) is 17.8 Å². The summed E-state index contributed by atoms with van der Waals surface area (Å²) in [5, 5.41) is 9.63. The number of allylic oxidation sites excluding steroid dienone is 1. The first-order valence-electron chi connectivity index (χ1n) is 5.00. The first kappa shape index (κ1) is 11.2. The molecule has 1 N–H and O–H groups in total. The summed E-state index contributed by atoms with van der Waals surface area (Å²) in [5.74, 6) is -0.351. The lowest BCUT2D eigenvalue weighted by molar-refractivity contribution is -0.143. The number of rotatable bonds is 5. The molecule has 1 aliphatic carbocycles. The molecule has 14 heavy (non-hydrogen) atoms. The molecule has 1 rings (SSSR count). The number of aliphatic hydroxyl groups excluding tert-OH is 1. The summed E-state index contributed by atoms with van der Waals surface area (Å²) in [4.78, 5) is 10.9. The molecule has 1 atom stereocenters. The number of methoxy groups -OCH3 is 1. The maximum absolute atomic E-state index is 10.9. The van der Waals surface area contributed by atoms with Crippen LogP contribution in [0.1, 0.15) is 32.1 Å². The Bertz CT molecular complexity index is 219. The normalized spacial score (nSPS) is 20.7. The van der Waals surface area contributed by atoms with Crippen LogP contribution in [-0.2, 0) is 9.53 Å². The summed E-state index contributed by atoms with van der Waals surface area (Å²) < 4.78 is 4.50. The molecule has 0 radical (unpaired) electrons. The van der Waals surface area contributed by atoms with Gasteiger partial charge in [0.2, 0.25) is 0 Å². The second-order valence-electron chi connectivity index (χ2n) is 4.06. The van der Waals surface area contributed by atoms with Crippen molar-refractivity contribution < 1.29 is 14.6 Å². The fraction of sp³-hybridized carbons (Fsp3) is 0.727. The van der Waals surface area contributed by atoms with E-state index in [4.69, 9.17) is 0 Å². The molecule has 1 aliphatic rings. The minimum Gasteiger partial charge on any atom is -0.469 e. The monoisotopic (exact) mass is 198 g/mol. The number of carbonyl (C=O) groups is 1. The molecule has 3 nitrogen and oxygen atoms in total. The van der Waals surface area contributed by atoms with Crippen LogP contribution >= 0.6 is 0 Å². The van der Waals surface area contributed by atoms with E-state index in [0.29, 0.717) is 6.42 Å². The molecular formula is C11H18O3. The van der Waals surface area contributed by atoms with Crippen molar-refractivity contribution in [3.8, 4) is 0 Å². The van der Waals surface area contributed by atoms with Gasteiger partial charge in [-0.2, -0.15) is 0 Å². The standard InChI is InChI=1S/C11H18O3/c1-3-11(5-4-6-11)8-9(12)7-10(13)14-2/h3,9,12H,1,4-8H2,2H3. The zero-order valence-corrected chi connectivity index (χ0v) is 8.66. The molecule has 0 bridgehead atoms. The summed E-state index contributed by atoms with van der Waals surface area (Å²) >= 11 is 0. The van der Waals surface area contributed by atoms with E-state index < -0.39 is 6.10 Å². The Hall–Kier alpha value is -0.830. The minimum absolute atomic E-state index is 0.0768. The van der Waals surface area contributed by atoms with Gasteiger partial charge in [0.1, 0.15) is 0 Å². The summed E-state index contributed by atoms with van der Waals surface area (Å²) in [5.41, 5.74) is 0.0768. The predicted molar refractivity (Wildman–Crippen MR) is 53.7 cm³/mol. The van der Waals surface area contributed by atoms with E-state index in [2.05, 4.69) is 11.3 Å². The van der Waals surface area contributed by atoms with Crippen LogP contribution in [0.25, 0.3) is 0 Å². The van der Waals surface area contributed by atoms with Gasteiger partial charge in [-0.25, -0.2) is 0 Å². The molecule has 0 aromatic rings. The Morgan fingerprint density at radius 2 is 2.36 bits per heavy atom. The van der Waals surface area contributed by atoms with Gasteiger partial charge in [0.05, 0.1) is 19.6 Å². The Balaban J connectivity index is 2.35. The van der Waals surface area contributed by atoms with E-state index in [1.807, 2.05) is 6.08 Å². The van der Waals surface area contributed by atoms with Crippen LogP contribution in [0.4, 0.5) is 0 Å². The van der Waals surface area contributed by atoms with Crippen molar-refractivity contribution >= 4 is 5.97 Å². The van der Waals surface area contributed by atoms with Gasteiger partial charge >= 0.3 is 5.97 Å². The van der Waals surface area contributed by atoms with E-state index >= 15 is 0 Å². The third-order valence-electron chi connectivity index (χ3n) is 3.05. The predicted octanol–water partition coefficient (Wildman–Crippen LogP) is 1.66. The fourth-order valence-corrected chi connectivity index (χ4v) is 1.94. The second kappa shape index (κ2) is 4.60. The van der Waals surface area contributed by atoms with E-state index in [0.717, 1.165) is 12.8 Å². The van der Waals surface area contributed by atoms with Gasteiger partial charge in [0.25, 0.3) is 0 Å². The number of hydrogen-bond donors (Lipinski definition) is 1. The van der Waals surface area contributed by atoms with Gasteiger partial charge in [-0.1, -0.05) is 12.5 Å². The van der Waals surface area contributed by atoms with Crippen molar-refractivity contribution in [2.24, 2.45) is 5.41 Å². The van der Waals surface area contributed by atoms with Crippen molar-refractivity contribution in [2.75, 3.05) is 7.11 Å². The van der Waals surface area contributed by atoms with Crippen LogP contribution in [0.15, 0.2) is 12.7 Å². The molecule has 0 heterocycles. The summed E-state index contributed by atoms with van der Waals surface area (Å²) in [6.45, 7) is 3.78. The molecule has 0 amide bonds. The van der Waals surface area contributed by atoms with Crippen LogP contribution in [0.2, 0.25) is 0 Å². The summed E-state index contributed by atoms with van der Waals surface area (Å²) in [7, 11) is 1.33. The van der Waals surface area contributed by atoms with Crippen molar-refractivity contribution in [3.63, 3.8) is 0 Å². The van der Waals surface area contributed by atoms with Crippen LogP contribution in [0, 0.1) is 5.41 Å². The highest BCUT2D eigenvalue weighted by molar-refractivity contribution is 5.69. The second-order valence-corrected chi connectivity index (χ2v) is 4.06. The highest BCUT2D eigenvalue weighted by Crippen LogP contribution is 2.45. The van der Waals surface area contributed by atoms with Crippen LogP contribution in [-0.4, -0.2) is 24.3 Å². The average molecular weight is 198 g/mol. The van der Waals surface area contributed by atoms with E-state index in [1.54, 1.807) is 0 Å². The number of ether oxygens (including phenoxy) is 1. The molecule has 0 aromatic carbocycles. The topological polar surface area (TPSA) is 46.5 Å². The Morgan fingerprint density at radius 3 is 2.71 bits per heavy atom. The van der Waals surface area contributed by atoms with Gasteiger partial charge in [-0.3, -0.25) is 4.79 Å². The molecular weight excluding hydrogens is 180 g/mol. The highest BCUT2D eigenvalue weighted by Gasteiger charge is 2.36. The van der Waals surface area contributed by atoms with Crippen molar-refractivity contribution in [1.82, 2.24) is 0 Å². The van der Waals surface area contributed by atoms with Gasteiger partial charge in [0.15, 0.2) is 0 Å². The highest BCUT2D eigenvalue weighted by atomic mass is 16.5. The molecule has 1 unspecified atom stereocenters. The maximum atomic E-state index is 10.9. The third-order valence-corrected chi connectivity index (χ3v) is 3.05. The average Bonchev–Trinajstić information content (AvgIpc) is 2.11. The van der Waals surface area contributed by atoms with E-state index in [9.17, 15) is 9.90 Å². The summed E-state index contributed by atoms with van der Waals surface area (Å²) in [6, 6.07) is 0. The Labute approximate surface area is 84.8 Å². The minimum atomic E-state index is -0.597. The first-order valence-corrected chi connectivity index (χ1v) is 5.00. The van der Waals surface area contributed by atoms with Gasteiger partial charge in [-0.05, 0) is 24.7 Å². The van der Waals surface area contributed by atoms with Crippen molar-refractivity contribution in [1.29, 1.82) is 0 Å². The molecule has 0 aromatic heterocycles. The SMILES string of the molecule is C=CC1(CC(O)CC(=O)OC)CCC1. The molecule has 1 saturated carbocycles. The molecule has 0 spiro atoms. The van der Waals surface area contributed by atoms with Crippen LogP contribution in [0.3, 0.4) is 0 Å². The van der Waals surface area contributed by atoms with E-state index in [1.165, 1.54) is 13.5 Å². The molecule has 3 heteroatoms. The first-order chi connectivity index (χ1) is 6.62. The number of carbonyl (C=O) groups excluding carboxylic acids is 1. The molecule has 0 saturated heterocycles. The largest absolute Gasteiger partial charge is 0.469 e. The van der Waals surface area contributed by atoms with Gasteiger partial charge in [-0.15, -0.1) is 6.58 Å². The Kier molecular flexibility index (Phi) is 3.69. The van der Waals surface area contributed by atoms with Gasteiger partial charge < -0.3 is 9.84 Å². The summed E-state index contributed by atoms with van der Waals surface area (Å²) in [6.07, 6.45) is 5.38. The van der Waals surface area contributed by atoms with Gasteiger partial charge in [0, 0.05) is 0 Å². The lowest BCUT2D eigenvalue weighted by atomic mass is 9.65. The maximum Gasteiger partial charge on any atom is 0.308 e. The fourth-order valence-electron chi connectivity index (χ4n) is 1.94. The zero-order valence-electron chi connectivity index (χ0n) is 8.66. The zero-order chi connectivity index (χ0) is 10.6. The number of aliphatic hydroxyl groups is 1. The molecule has 0 aliphatic heterocycles. The number of esters is 1. The lowest BCUT2D eigenvalue weighted by Gasteiger charge is -2.40. The van der Waals surface area contributed by atoms with Crippen LogP contribution in [0.5, 0.6) is 0 Å². The van der Waals surface area contributed by atoms with Crippen molar-refractivity contribution in [3.05, 3.63) is 12.7 Å². The Morgan fingerprint density at radius 1 is 1.71 bits per heavy atom. The van der Waals surface area contributed by atoms with Crippen molar-refractivity contribution in [2.45, 2.75) is 38.2 Å².